The Morgan fingerprint density at radius 1 is 1.00 bits per heavy atom. The molecule has 7 nitrogen and oxygen atoms in total. The van der Waals surface area contributed by atoms with Crippen LogP contribution in [0, 0.1) is 17.6 Å². The summed E-state index contributed by atoms with van der Waals surface area (Å²) >= 11 is 18.7. The third-order valence-corrected chi connectivity index (χ3v) is 8.03. The van der Waals surface area contributed by atoms with Crippen LogP contribution in [0.5, 0.6) is 0 Å². The van der Waals surface area contributed by atoms with E-state index in [1.54, 1.807) is 6.92 Å². The fourth-order valence-corrected chi connectivity index (χ4v) is 5.51. The van der Waals surface area contributed by atoms with Crippen molar-refractivity contribution >= 4 is 69.6 Å². The average molecular weight is 679 g/mol. The quantitative estimate of drug-likeness (QED) is 0.159. The van der Waals surface area contributed by atoms with E-state index >= 15 is 4.39 Å². The van der Waals surface area contributed by atoms with E-state index in [-0.39, 0.29) is 28.4 Å². The Kier molecular flexibility index (Phi) is 9.79. The molecule has 1 aliphatic rings. The van der Waals surface area contributed by atoms with E-state index in [1.165, 1.54) is 31.2 Å². The largest absolute Gasteiger partial charge is 0.416 e. The molecule has 3 aromatic rings. The van der Waals surface area contributed by atoms with Crippen LogP contribution in [-0.2, 0) is 20.5 Å². The van der Waals surface area contributed by atoms with Crippen molar-refractivity contribution in [2.24, 2.45) is 5.92 Å². The van der Waals surface area contributed by atoms with Gasteiger partial charge in [0.2, 0.25) is 5.91 Å². The molecule has 1 aliphatic carbocycles. The van der Waals surface area contributed by atoms with Crippen molar-refractivity contribution in [3.8, 4) is 0 Å². The van der Waals surface area contributed by atoms with Crippen molar-refractivity contribution in [1.29, 1.82) is 0 Å². The SMILES string of the molecule is CCOC(C)C(=O)Nc1c(F)ccc(NC(=O)c2cc(NC(=O)[C@H]3[C@H](c4cccc(C(F)(F)F)c4)C3(Cl)Cl)ccc2Cl)c1F. The fourth-order valence-electron chi connectivity index (χ4n) is 4.48. The number of hydrogen-bond donors (Lipinski definition) is 3. The van der Waals surface area contributed by atoms with E-state index in [0.717, 1.165) is 30.3 Å². The summed E-state index contributed by atoms with van der Waals surface area (Å²) in [6, 6.07) is 9.84. The fraction of sp³-hybridized carbons (Fsp3) is 0.276. The molecule has 4 rings (SSSR count). The van der Waals surface area contributed by atoms with E-state index < -0.39 is 74.7 Å². The predicted octanol–water partition coefficient (Wildman–Crippen LogP) is 7.78. The lowest BCUT2D eigenvalue weighted by atomic mass is 10.1. The van der Waals surface area contributed by atoms with Crippen LogP contribution < -0.4 is 16.0 Å². The minimum atomic E-state index is -4.61. The van der Waals surface area contributed by atoms with Crippen LogP contribution in [0.3, 0.4) is 0 Å². The summed E-state index contributed by atoms with van der Waals surface area (Å²) < 4.78 is 72.4. The number of nitrogens with one attached hydrogen (secondary N) is 3. The molecule has 44 heavy (non-hydrogen) atoms. The zero-order valence-corrected chi connectivity index (χ0v) is 25.1. The molecule has 1 fully saturated rings. The number of halogens is 8. The minimum Gasteiger partial charge on any atom is -0.369 e. The van der Waals surface area contributed by atoms with Crippen molar-refractivity contribution in [1.82, 2.24) is 0 Å². The molecule has 0 bridgehead atoms. The Hall–Kier alpha value is -3.45. The third kappa shape index (κ3) is 7.09. The molecule has 3 aromatic carbocycles. The van der Waals surface area contributed by atoms with Crippen molar-refractivity contribution in [3.05, 3.63) is 87.9 Å². The van der Waals surface area contributed by atoms with E-state index in [9.17, 15) is 31.9 Å². The standard InChI is InChI=1S/C29H23Cl3F5N3O4/c1-3-44-13(2)25(41)40-24-19(33)9-10-20(23(24)34)39-26(42)17-12-16(7-8-18(17)30)38-27(43)22-21(28(22,31)32)14-5-4-6-15(11-14)29(35,36)37/h4-13,21-22H,3H2,1-2H3,(H,38,43)(H,39,42)(H,40,41)/t13?,21-,22+/m0/s1. The first-order valence-corrected chi connectivity index (χ1v) is 14.1. The van der Waals surface area contributed by atoms with E-state index in [2.05, 4.69) is 16.0 Å². The lowest BCUT2D eigenvalue weighted by molar-refractivity contribution is -0.137. The van der Waals surface area contributed by atoms with Gasteiger partial charge in [0.05, 0.1) is 27.8 Å². The Labute approximate surface area is 263 Å². The third-order valence-electron chi connectivity index (χ3n) is 6.76. The van der Waals surface area contributed by atoms with Gasteiger partial charge in [-0.1, -0.05) is 29.8 Å². The maximum Gasteiger partial charge on any atom is 0.416 e. The van der Waals surface area contributed by atoms with E-state index in [0.29, 0.717) is 0 Å². The molecule has 0 aliphatic heterocycles. The second-order valence-corrected chi connectivity index (χ2v) is 11.6. The number of anilines is 3. The highest BCUT2D eigenvalue weighted by atomic mass is 35.5. The predicted molar refractivity (Wildman–Crippen MR) is 156 cm³/mol. The highest BCUT2D eigenvalue weighted by Crippen LogP contribution is 2.65. The van der Waals surface area contributed by atoms with Crippen LogP contribution in [0.15, 0.2) is 54.6 Å². The van der Waals surface area contributed by atoms with Crippen LogP contribution >= 0.6 is 34.8 Å². The highest BCUT2D eigenvalue weighted by Gasteiger charge is 2.67. The second kappa shape index (κ2) is 12.9. The number of alkyl halides is 5. The Bertz CT molecular complexity index is 1620. The van der Waals surface area contributed by atoms with Gasteiger partial charge in [-0.15, -0.1) is 23.2 Å². The zero-order chi connectivity index (χ0) is 32.6. The molecule has 0 spiro atoms. The molecule has 0 aromatic heterocycles. The van der Waals surface area contributed by atoms with Gasteiger partial charge in [0.1, 0.15) is 21.9 Å². The molecule has 0 radical (unpaired) electrons. The minimum absolute atomic E-state index is 0.0424. The van der Waals surface area contributed by atoms with Crippen LogP contribution in [0.4, 0.5) is 39.0 Å². The topological polar surface area (TPSA) is 96.5 Å². The summed E-state index contributed by atoms with van der Waals surface area (Å²) in [6.07, 6.45) is -5.62. The maximum atomic E-state index is 15.1. The Morgan fingerprint density at radius 2 is 1.70 bits per heavy atom. The van der Waals surface area contributed by atoms with Crippen LogP contribution in [0.1, 0.15) is 41.3 Å². The summed E-state index contributed by atoms with van der Waals surface area (Å²) in [4.78, 5) is 38.3. The van der Waals surface area contributed by atoms with Gasteiger partial charge in [-0.3, -0.25) is 14.4 Å². The van der Waals surface area contributed by atoms with Crippen LogP contribution in [0.2, 0.25) is 5.02 Å². The van der Waals surface area contributed by atoms with Crippen LogP contribution in [-0.4, -0.2) is 34.8 Å². The zero-order valence-electron chi connectivity index (χ0n) is 22.8. The summed E-state index contributed by atoms with van der Waals surface area (Å²) in [5.41, 5.74) is -2.29. The molecule has 0 heterocycles. The van der Waals surface area contributed by atoms with Crippen molar-refractivity contribution in [2.75, 3.05) is 22.6 Å². The first kappa shape index (κ1) is 33.4. The second-order valence-electron chi connectivity index (χ2n) is 9.76. The summed E-state index contributed by atoms with van der Waals surface area (Å²) in [6.45, 7) is 3.22. The molecule has 234 valence electrons. The van der Waals surface area contributed by atoms with Crippen LogP contribution in [0.25, 0.3) is 0 Å². The molecule has 1 saturated carbocycles. The first-order chi connectivity index (χ1) is 20.6. The number of benzene rings is 3. The Morgan fingerprint density at radius 3 is 2.36 bits per heavy atom. The van der Waals surface area contributed by atoms with Crippen molar-refractivity contribution in [3.63, 3.8) is 0 Å². The Balaban J connectivity index is 1.50. The number of amides is 3. The lowest BCUT2D eigenvalue weighted by Crippen LogP contribution is -2.28. The lowest BCUT2D eigenvalue weighted by Gasteiger charge is -2.15. The van der Waals surface area contributed by atoms with Gasteiger partial charge in [-0.25, -0.2) is 8.78 Å². The summed E-state index contributed by atoms with van der Waals surface area (Å²) in [7, 11) is 0. The molecule has 3 atom stereocenters. The number of carbonyl (C=O) groups excluding carboxylic acids is 3. The molecule has 1 unspecified atom stereocenters. The first-order valence-electron chi connectivity index (χ1n) is 12.9. The summed E-state index contributed by atoms with van der Waals surface area (Å²) in [5.74, 6) is -6.95. The molecular weight excluding hydrogens is 656 g/mol. The molecule has 15 heteroatoms. The van der Waals surface area contributed by atoms with Gasteiger partial charge >= 0.3 is 6.18 Å². The monoisotopic (exact) mass is 677 g/mol. The van der Waals surface area contributed by atoms with Gasteiger partial charge in [0, 0.05) is 18.2 Å². The number of carbonyl (C=O) groups is 3. The molecule has 0 saturated heterocycles. The van der Waals surface area contributed by atoms with Crippen molar-refractivity contribution in [2.45, 2.75) is 36.4 Å². The maximum absolute atomic E-state index is 15.1. The number of rotatable bonds is 9. The highest BCUT2D eigenvalue weighted by molar-refractivity contribution is 6.53. The molecular formula is C29H23Cl3F5N3O4. The van der Waals surface area contributed by atoms with Gasteiger partial charge in [0.15, 0.2) is 5.82 Å². The van der Waals surface area contributed by atoms with E-state index in [4.69, 9.17) is 39.5 Å². The summed E-state index contributed by atoms with van der Waals surface area (Å²) in [5, 5.41) is 6.75. The number of hydrogen-bond acceptors (Lipinski definition) is 4. The van der Waals surface area contributed by atoms with Gasteiger partial charge < -0.3 is 20.7 Å². The number of ether oxygens (including phenoxy) is 1. The normalized spacial score (nSPS) is 17.9. The van der Waals surface area contributed by atoms with E-state index in [1.807, 2.05) is 0 Å². The van der Waals surface area contributed by atoms with Crippen molar-refractivity contribution < 1.29 is 41.1 Å². The average Bonchev–Trinajstić information content (AvgIpc) is 3.54. The molecule has 3 N–H and O–H groups in total. The smallest absolute Gasteiger partial charge is 0.369 e. The van der Waals surface area contributed by atoms with Gasteiger partial charge in [-0.05, 0) is 55.8 Å². The molecule has 3 amide bonds. The van der Waals surface area contributed by atoms with Gasteiger partial charge in [0.25, 0.3) is 11.8 Å². The van der Waals surface area contributed by atoms with Gasteiger partial charge in [-0.2, -0.15) is 13.2 Å².